The lowest BCUT2D eigenvalue weighted by Crippen LogP contribution is -2.45. The van der Waals surface area contributed by atoms with Gasteiger partial charge in [-0.1, -0.05) is 0 Å². The van der Waals surface area contributed by atoms with Crippen LogP contribution in [0.15, 0.2) is 12.4 Å². The summed E-state index contributed by atoms with van der Waals surface area (Å²) in [5.41, 5.74) is 1.24. The van der Waals surface area contributed by atoms with Crippen molar-refractivity contribution in [1.82, 2.24) is 19.6 Å². The summed E-state index contributed by atoms with van der Waals surface area (Å²) in [7, 11) is 1.75. The predicted molar refractivity (Wildman–Crippen MR) is 88.2 cm³/mol. The molecule has 3 rings (SSSR count). The highest BCUT2D eigenvalue weighted by molar-refractivity contribution is 5.82. The number of aromatic nitrogens is 2. The number of carbonyl (C=O) groups is 1. The minimum atomic E-state index is -0.0146. The van der Waals surface area contributed by atoms with Crippen molar-refractivity contribution < 1.29 is 9.53 Å². The van der Waals surface area contributed by atoms with Gasteiger partial charge in [0.15, 0.2) is 0 Å². The zero-order chi connectivity index (χ0) is 16.2. The maximum absolute atomic E-state index is 12.8. The van der Waals surface area contributed by atoms with Crippen molar-refractivity contribution in [2.45, 2.75) is 51.3 Å². The topological polar surface area (TPSA) is 50.6 Å². The van der Waals surface area contributed by atoms with Gasteiger partial charge in [-0.15, -0.1) is 0 Å². The van der Waals surface area contributed by atoms with Gasteiger partial charge in [0.25, 0.3) is 0 Å². The molecule has 0 N–H and O–H groups in total. The van der Waals surface area contributed by atoms with E-state index < -0.39 is 0 Å². The molecule has 2 saturated heterocycles. The van der Waals surface area contributed by atoms with E-state index in [-0.39, 0.29) is 12.1 Å². The van der Waals surface area contributed by atoms with Crippen LogP contribution in [-0.4, -0.2) is 70.9 Å². The van der Waals surface area contributed by atoms with Gasteiger partial charge in [-0.05, 0) is 38.2 Å². The zero-order valence-electron chi connectivity index (χ0n) is 14.3. The van der Waals surface area contributed by atoms with E-state index in [4.69, 9.17) is 4.74 Å². The molecule has 0 aliphatic carbocycles. The molecule has 2 fully saturated rings. The highest BCUT2D eigenvalue weighted by Crippen LogP contribution is 2.24. The first-order valence-electron chi connectivity index (χ1n) is 8.78. The summed E-state index contributed by atoms with van der Waals surface area (Å²) >= 11 is 0. The van der Waals surface area contributed by atoms with Gasteiger partial charge in [-0.3, -0.25) is 14.4 Å². The second-order valence-electron chi connectivity index (χ2n) is 6.59. The van der Waals surface area contributed by atoms with Crippen molar-refractivity contribution in [2.24, 2.45) is 0 Å². The second kappa shape index (κ2) is 7.45. The number of methoxy groups -OCH3 is 1. The molecule has 23 heavy (non-hydrogen) atoms. The van der Waals surface area contributed by atoms with Crippen molar-refractivity contribution >= 4 is 5.91 Å². The average molecular weight is 320 g/mol. The van der Waals surface area contributed by atoms with Crippen molar-refractivity contribution in [1.29, 1.82) is 0 Å². The Morgan fingerprint density at radius 1 is 1.39 bits per heavy atom. The van der Waals surface area contributed by atoms with Gasteiger partial charge in [0.2, 0.25) is 5.91 Å². The fraction of sp³-hybridized carbons (Fsp3) is 0.765. The summed E-state index contributed by atoms with van der Waals surface area (Å²) in [5.74, 6) is 0.298. The Labute approximate surface area is 138 Å². The largest absolute Gasteiger partial charge is 0.380 e. The first kappa shape index (κ1) is 16.5. The van der Waals surface area contributed by atoms with Gasteiger partial charge in [-0.2, -0.15) is 5.10 Å². The van der Waals surface area contributed by atoms with Crippen LogP contribution < -0.4 is 0 Å². The molecule has 6 heteroatoms. The van der Waals surface area contributed by atoms with Gasteiger partial charge in [0, 0.05) is 46.0 Å². The molecule has 1 aromatic heterocycles. The number of likely N-dealkylation sites (tertiary alicyclic amines) is 2. The molecule has 0 bridgehead atoms. The standard InChI is InChI=1S/C17H28N4O2/c1-3-21-12-14(11-18-21)6-9-20-13-15(23-2)10-16(20)17(22)19-7-4-5-8-19/h11-12,15-16H,3-10,13H2,1-2H3/t15-,16-/m0/s1. The van der Waals surface area contributed by atoms with Crippen LogP contribution >= 0.6 is 0 Å². The molecule has 128 valence electrons. The fourth-order valence-corrected chi connectivity index (χ4v) is 3.67. The Balaban J connectivity index is 1.61. The molecule has 0 radical (unpaired) electrons. The van der Waals surface area contributed by atoms with Crippen LogP contribution in [0.5, 0.6) is 0 Å². The minimum absolute atomic E-state index is 0.0146. The third-order valence-corrected chi connectivity index (χ3v) is 5.10. The fourth-order valence-electron chi connectivity index (χ4n) is 3.67. The molecule has 0 saturated carbocycles. The summed E-state index contributed by atoms with van der Waals surface area (Å²) in [6.45, 7) is 6.56. The highest BCUT2D eigenvalue weighted by atomic mass is 16.5. The molecule has 3 heterocycles. The first-order chi connectivity index (χ1) is 11.2. The van der Waals surface area contributed by atoms with Gasteiger partial charge >= 0.3 is 0 Å². The van der Waals surface area contributed by atoms with Gasteiger partial charge in [0.05, 0.1) is 18.3 Å². The lowest BCUT2D eigenvalue weighted by Gasteiger charge is -2.27. The highest BCUT2D eigenvalue weighted by Gasteiger charge is 2.39. The van der Waals surface area contributed by atoms with E-state index >= 15 is 0 Å². The molecule has 0 aromatic carbocycles. The van der Waals surface area contributed by atoms with Crippen LogP contribution in [0.25, 0.3) is 0 Å². The molecule has 0 spiro atoms. The summed E-state index contributed by atoms with van der Waals surface area (Å²) < 4.78 is 7.48. The van der Waals surface area contributed by atoms with Crippen LogP contribution in [-0.2, 0) is 22.5 Å². The third kappa shape index (κ3) is 3.75. The number of rotatable bonds is 6. The van der Waals surface area contributed by atoms with E-state index in [0.29, 0.717) is 5.91 Å². The van der Waals surface area contributed by atoms with Crippen LogP contribution in [0, 0.1) is 0 Å². The summed E-state index contributed by atoms with van der Waals surface area (Å²) in [6, 6.07) is -0.0146. The van der Waals surface area contributed by atoms with E-state index in [1.54, 1.807) is 7.11 Å². The maximum Gasteiger partial charge on any atom is 0.240 e. The maximum atomic E-state index is 12.8. The van der Waals surface area contributed by atoms with E-state index in [0.717, 1.165) is 58.4 Å². The van der Waals surface area contributed by atoms with Crippen LogP contribution in [0.1, 0.15) is 31.7 Å². The number of hydrogen-bond donors (Lipinski definition) is 0. The number of aryl methyl sites for hydroxylation is 1. The Morgan fingerprint density at radius 2 is 2.17 bits per heavy atom. The number of hydrogen-bond acceptors (Lipinski definition) is 4. The second-order valence-corrected chi connectivity index (χ2v) is 6.59. The molecule has 2 aliphatic heterocycles. The molecular formula is C17H28N4O2. The van der Waals surface area contributed by atoms with Crippen molar-refractivity contribution in [2.75, 3.05) is 33.3 Å². The van der Waals surface area contributed by atoms with E-state index in [9.17, 15) is 4.79 Å². The summed E-state index contributed by atoms with van der Waals surface area (Å²) in [6.07, 6.45) is 8.24. The van der Waals surface area contributed by atoms with E-state index in [1.165, 1.54) is 5.56 Å². The molecule has 0 unspecified atom stereocenters. The van der Waals surface area contributed by atoms with Crippen molar-refractivity contribution in [3.8, 4) is 0 Å². The van der Waals surface area contributed by atoms with Gasteiger partial charge in [-0.25, -0.2) is 0 Å². The lowest BCUT2D eigenvalue weighted by atomic mass is 10.1. The van der Waals surface area contributed by atoms with Gasteiger partial charge in [0.1, 0.15) is 0 Å². The Hall–Kier alpha value is -1.40. The van der Waals surface area contributed by atoms with E-state index in [2.05, 4.69) is 23.1 Å². The number of nitrogens with zero attached hydrogens (tertiary/aromatic N) is 4. The first-order valence-corrected chi connectivity index (χ1v) is 8.78. The molecule has 6 nitrogen and oxygen atoms in total. The Morgan fingerprint density at radius 3 is 2.83 bits per heavy atom. The van der Waals surface area contributed by atoms with Crippen molar-refractivity contribution in [3.63, 3.8) is 0 Å². The smallest absolute Gasteiger partial charge is 0.240 e. The van der Waals surface area contributed by atoms with Crippen LogP contribution in [0.2, 0.25) is 0 Å². The molecular weight excluding hydrogens is 292 g/mol. The Kier molecular flexibility index (Phi) is 5.33. The quantitative estimate of drug-likeness (QED) is 0.789. The van der Waals surface area contributed by atoms with E-state index in [1.807, 2.05) is 15.8 Å². The molecule has 1 aromatic rings. The lowest BCUT2D eigenvalue weighted by molar-refractivity contribution is -0.134. The average Bonchev–Trinajstić information content (AvgIpc) is 3.31. The normalized spacial score (nSPS) is 25.4. The molecule has 2 atom stereocenters. The summed E-state index contributed by atoms with van der Waals surface area (Å²) in [5, 5.41) is 4.33. The monoisotopic (exact) mass is 320 g/mol. The number of ether oxygens (including phenoxy) is 1. The van der Waals surface area contributed by atoms with Crippen LogP contribution in [0.3, 0.4) is 0 Å². The zero-order valence-corrected chi connectivity index (χ0v) is 14.3. The number of carbonyl (C=O) groups excluding carboxylic acids is 1. The minimum Gasteiger partial charge on any atom is -0.380 e. The van der Waals surface area contributed by atoms with Crippen LogP contribution in [0.4, 0.5) is 0 Å². The van der Waals surface area contributed by atoms with Crippen molar-refractivity contribution in [3.05, 3.63) is 18.0 Å². The molecule has 2 aliphatic rings. The summed E-state index contributed by atoms with van der Waals surface area (Å²) in [4.78, 5) is 17.1. The predicted octanol–water partition coefficient (Wildman–Crippen LogP) is 1.16. The third-order valence-electron chi connectivity index (χ3n) is 5.10. The molecule has 1 amide bonds. The Bertz CT molecular complexity index is 524. The SMILES string of the molecule is CCn1cc(CCN2C[C@@H](OC)C[C@H]2C(=O)N2CCCC2)cn1. The number of amides is 1. The van der Waals surface area contributed by atoms with Gasteiger partial charge < -0.3 is 9.64 Å².